The highest BCUT2D eigenvalue weighted by molar-refractivity contribution is 5.92. The van der Waals surface area contributed by atoms with E-state index in [1.807, 2.05) is 24.6 Å². The van der Waals surface area contributed by atoms with Crippen LogP contribution in [-0.2, 0) is 16.1 Å². The minimum absolute atomic E-state index is 0.394. The molecule has 21 heavy (non-hydrogen) atoms. The van der Waals surface area contributed by atoms with Gasteiger partial charge in [0.2, 0.25) is 5.95 Å². The number of allylic oxidation sites excluding steroid dienone is 1. The molecular weight excluding hydrogens is 272 g/mol. The Morgan fingerprint density at radius 3 is 3.00 bits per heavy atom. The van der Waals surface area contributed by atoms with Crippen molar-refractivity contribution in [1.82, 2.24) is 24.5 Å². The molecule has 8 nitrogen and oxygen atoms in total. The molecule has 0 spiro atoms. The molecule has 0 saturated carbocycles. The summed E-state index contributed by atoms with van der Waals surface area (Å²) in [7, 11) is 1.37. The molecule has 3 heterocycles. The van der Waals surface area contributed by atoms with Gasteiger partial charge in [-0.3, -0.25) is 4.68 Å². The minimum Gasteiger partial charge on any atom is -0.466 e. The van der Waals surface area contributed by atoms with Crippen LogP contribution in [0.15, 0.2) is 29.9 Å². The van der Waals surface area contributed by atoms with Crippen LogP contribution in [0.5, 0.6) is 0 Å². The molecule has 2 aromatic heterocycles. The molecule has 8 heteroatoms. The van der Waals surface area contributed by atoms with Crippen molar-refractivity contribution in [2.75, 3.05) is 12.4 Å². The van der Waals surface area contributed by atoms with Crippen LogP contribution >= 0.6 is 0 Å². The Hall–Kier alpha value is -2.64. The maximum atomic E-state index is 12.2. The number of aryl methyl sites for hydroxylation is 1. The molecule has 0 fully saturated rings. The molecule has 3 rings (SSSR count). The summed E-state index contributed by atoms with van der Waals surface area (Å²) in [6.07, 6.45) is 3.16. The number of fused-ring (bicyclic) bond motifs is 1. The largest absolute Gasteiger partial charge is 0.466 e. The summed E-state index contributed by atoms with van der Waals surface area (Å²) in [4.78, 5) is 16.4. The second kappa shape index (κ2) is 5.04. The number of carbonyl (C=O) groups excluding carboxylic acids is 1. The van der Waals surface area contributed by atoms with Crippen molar-refractivity contribution in [1.29, 1.82) is 0 Å². The summed E-state index contributed by atoms with van der Waals surface area (Å²) in [6, 6.07) is 1.47. The highest BCUT2D eigenvalue weighted by Gasteiger charge is 2.35. The Bertz CT molecular complexity index is 714. The smallest absolute Gasteiger partial charge is 0.338 e. The third kappa shape index (κ3) is 1.99. The Labute approximate surface area is 121 Å². The fourth-order valence-electron chi connectivity index (χ4n) is 2.58. The van der Waals surface area contributed by atoms with Gasteiger partial charge in [0, 0.05) is 18.4 Å². The molecule has 0 radical (unpaired) electrons. The molecule has 1 aliphatic heterocycles. The number of methoxy groups -OCH3 is 1. The molecule has 1 atom stereocenters. The van der Waals surface area contributed by atoms with Gasteiger partial charge < -0.3 is 10.1 Å². The van der Waals surface area contributed by atoms with Gasteiger partial charge in [-0.15, -0.1) is 0 Å². The quantitative estimate of drug-likeness (QED) is 0.846. The number of esters is 1. The second-order valence-corrected chi connectivity index (χ2v) is 4.66. The van der Waals surface area contributed by atoms with Gasteiger partial charge in [0.25, 0.3) is 0 Å². The number of hydrogen-bond donors (Lipinski definition) is 1. The predicted octanol–water partition coefficient (Wildman–Crippen LogP) is 0.956. The normalized spacial score (nSPS) is 17.4. The number of nitrogens with one attached hydrogen (secondary N) is 1. The van der Waals surface area contributed by atoms with Gasteiger partial charge >= 0.3 is 5.97 Å². The van der Waals surface area contributed by atoms with E-state index in [-0.39, 0.29) is 0 Å². The van der Waals surface area contributed by atoms with Gasteiger partial charge in [0.05, 0.1) is 18.4 Å². The van der Waals surface area contributed by atoms with E-state index in [1.165, 1.54) is 13.4 Å². The first-order valence-corrected chi connectivity index (χ1v) is 6.64. The molecule has 0 amide bonds. The Balaban J connectivity index is 2.20. The van der Waals surface area contributed by atoms with Crippen molar-refractivity contribution in [2.45, 2.75) is 26.4 Å². The third-order valence-corrected chi connectivity index (χ3v) is 3.53. The van der Waals surface area contributed by atoms with Crippen LogP contribution in [0.25, 0.3) is 0 Å². The molecule has 2 aromatic rings. The average molecular weight is 288 g/mol. The fraction of sp³-hybridized carbons (Fsp3) is 0.385. The maximum Gasteiger partial charge on any atom is 0.338 e. The minimum atomic E-state index is -0.404. The molecule has 110 valence electrons. The number of carbonyl (C=O) groups is 1. The van der Waals surface area contributed by atoms with Crippen molar-refractivity contribution in [3.8, 4) is 0 Å². The summed E-state index contributed by atoms with van der Waals surface area (Å²) in [5.41, 5.74) is 2.08. The number of anilines is 1. The Morgan fingerprint density at radius 1 is 1.48 bits per heavy atom. The van der Waals surface area contributed by atoms with E-state index in [0.717, 1.165) is 5.69 Å². The zero-order valence-corrected chi connectivity index (χ0v) is 12.1. The van der Waals surface area contributed by atoms with Gasteiger partial charge in [0.15, 0.2) is 0 Å². The lowest BCUT2D eigenvalue weighted by Gasteiger charge is -2.27. The van der Waals surface area contributed by atoms with Gasteiger partial charge in [-0.25, -0.2) is 9.48 Å². The van der Waals surface area contributed by atoms with Crippen molar-refractivity contribution >= 4 is 11.9 Å². The molecule has 0 bridgehead atoms. The number of nitrogens with zero attached hydrogens (tertiary/aromatic N) is 5. The lowest BCUT2D eigenvalue weighted by Crippen LogP contribution is -2.30. The summed E-state index contributed by atoms with van der Waals surface area (Å²) < 4.78 is 8.43. The Morgan fingerprint density at radius 2 is 2.29 bits per heavy atom. The first-order valence-electron chi connectivity index (χ1n) is 6.64. The van der Waals surface area contributed by atoms with Crippen molar-refractivity contribution < 1.29 is 9.53 Å². The van der Waals surface area contributed by atoms with E-state index in [4.69, 9.17) is 4.74 Å². The zero-order valence-electron chi connectivity index (χ0n) is 12.1. The SMILES string of the molecule is CCn1nccc1[C@@H]1C(C(=O)OC)=C(C)Nc2ncnn21. The molecule has 0 unspecified atom stereocenters. The zero-order chi connectivity index (χ0) is 15.0. The lowest BCUT2D eigenvalue weighted by molar-refractivity contribution is -0.136. The second-order valence-electron chi connectivity index (χ2n) is 4.66. The lowest BCUT2D eigenvalue weighted by atomic mass is 10.0. The summed E-state index contributed by atoms with van der Waals surface area (Å²) in [6.45, 7) is 4.52. The number of hydrogen-bond acceptors (Lipinski definition) is 6. The van der Waals surface area contributed by atoms with E-state index < -0.39 is 12.0 Å². The molecule has 1 N–H and O–H groups in total. The fourth-order valence-corrected chi connectivity index (χ4v) is 2.58. The summed E-state index contributed by atoms with van der Waals surface area (Å²) in [5.74, 6) is 0.198. The van der Waals surface area contributed by atoms with E-state index in [9.17, 15) is 4.79 Å². The van der Waals surface area contributed by atoms with E-state index in [1.54, 1.807) is 10.9 Å². The van der Waals surface area contributed by atoms with Crippen LogP contribution in [0.1, 0.15) is 25.6 Å². The van der Waals surface area contributed by atoms with Gasteiger partial charge in [-0.1, -0.05) is 0 Å². The Kier molecular flexibility index (Phi) is 3.20. The molecule has 0 saturated heterocycles. The molecule has 0 aromatic carbocycles. The topological polar surface area (TPSA) is 86.9 Å². The van der Waals surface area contributed by atoms with Crippen molar-refractivity contribution in [3.63, 3.8) is 0 Å². The first-order chi connectivity index (χ1) is 10.2. The average Bonchev–Trinajstić information content (AvgIpc) is 3.13. The summed E-state index contributed by atoms with van der Waals surface area (Å²) in [5, 5.41) is 11.6. The highest BCUT2D eigenvalue weighted by atomic mass is 16.5. The summed E-state index contributed by atoms with van der Waals surface area (Å²) >= 11 is 0. The predicted molar refractivity (Wildman–Crippen MR) is 74.4 cm³/mol. The molecule has 0 aliphatic carbocycles. The van der Waals surface area contributed by atoms with E-state index in [0.29, 0.717) is 23.8 Å². The number of aromatic nitrogens is 5. The van der Waals surface area contributed by atoms with Crippen LogP contribution in [0.2, 0.25) is 0 Å². The van der Waals surface area contributed by atoms with Crippen LogP contribution in [-0.4, -0.2) is 37.6 Å². The van der Waals surface area contributed by atoms with Gasteiger partial charge in [-0.2, -0.15) is 15.2 Å². The maximum absolute atomic E-state index is 12.2. The van der Waals surface area contributed by atoms with Crippen LogP contribution in [0.4, 0.5) is 5.95 Å². The molecule has 1 aliphatic rings. The van der Waals surface area contributed by atoms with Crippen LogP contribution < -0.4 is 5.32 Å². The van der Waals surface area contributed by atoms with Gasteiger partial charge in [0.1, 0.15) is 12.4 Å². The van der Waals surface area contributed by atoms with Crippen LogP contribution in [0.3, 0.4) is 0 Å². The van der Waals surface area contributed by atoms with Crippen molar-refractivity contribution in [3.05, 3.63) is 35.6 Å². The highest BCUT2D eigenvalue weighted by Crippen LogP contribution is 2.34. The van der Waals surface area contributed by atoms with Crippen LogP contribution in [0, 0.1) is 0 Å². The third-order valence-electron chi connectivity index (χ3n) is 3.53. The number of rotatable bonds is 3. The molecular formula is C13H16N6O2. The first kappa shape index (κ1) is 13.3. The standard InChI is InChI=1S/C13H16N6O2/c1-4-18-9(5-6-15-18)11-10(12(20)21-3)8(2)17-13-14-7-16-19(11)13/h5-7,11H,4H2,1-3H3,(H,14,16,17)/t11-/m1/s1. The van der Waals surface area contributed by atoms with E-state index >= 15 is 0 Å². The van der Waals surface area contributed by atoms with Gasteiger partial charge in [-0.05, 0) is 19.9 Å². The number of ether oxygens (including phenoxy) is 1. The monoisotopic (exact) mass is 288 g/mol. The van der Waals surface area contributed by atoms with E-state index in [2.05, 4.69) is 20.5 Å². The van der Waals surface area contributed by atoms with Crippen molar-refractivity contribution in [2.24, 2.45) is 0 Å².